The Bertz CT molecular complexity index is 1230. The predicted molar refractivity (Wildman–Crippen MR) is 142 cm³/mol. The van der Waals surface area contributed by atoms with E-state index < -0.39 is 0 Å². The lowest BCUT2D eigenvalue weighted by molar-refractivity contribution is 0.262. The summed E-state index contributed by atoms with van der Waals surface area (Å²) in [4.78, 5) is 0. The van der Waals surface area contributed by atoms with Crippen LogP contribution in [0.4, 0.5) is 0 Å². The fraction of sp³-hybridized carbons (Fsp3) is 0.407. The molecule has 0 aliphatic carbocycles. The van der Waals surface area contributed by atoms with Gasteiger partial charge in [0.1, 0.15) is 11.5 Å². The van der Waals surface area contributed by atoms with Crippen molar-refractivity contribution < 1.29 is 10.2 Å². The highest BCUT2D eigenvalue weighted by atomic mass is 35.5. The van der Waals surface area contributed by atoms with E-state index in [-0.39, 0.29) is 41.5 Å². The molecule has 2 saturated heterocycles. The minimum Gasteiger partial charge on any atom is -0.508 e. The summed E-state index contributed by atoms with van der Waals surface area (Å²) in [5.41, 5.74) is 15.3. The number of phenolic OH excluding ortho intramolecular Hbond substituents is 2. The second kappa shape index (κ2) is 10.1. The first-order valence-corrected chi connectivity index (χ1v) is 13.0. The quantitative estimate of drug-likeness (QED) is 0.288. The maximum atomic E-state index is 11.3. The first kappa shape index (κ1) is 24.6. The van der Waals surface area contributed by atoms with Crippen LogP contribution in [0.3, 0.4) is 0 Å². The molecular formula is C27H32Cl2N4O2. The van der Waals surface area contributed by atoms with Gasteiger partial charge in [-0.1, -0.05) is 53.5 Å². The number of rotatable bonds is 5. The van der Waals surface area contributed by atoms with Crippen LogP contribution in [0.5, 0.6) is 11.5 Å². The van der Waals surface area contributed by atoms with Gasteiger partial charge in [0.05, 0.1) is 10.0 Å². The Labute approximate surface area is 215 Å². The third kappa shape index (κ3) is 4.59. The first-order chi connectivity index (χ1) is 16.9. The van der Waals surface area contributed by atoms with Crippen LogP contribution in [-0.4, -0.2) is 29.8 Å². The standard InChI is InChI=1S/C27H32Cl2N4O2/c28-19-12-18(25(30)16-7-9-32-13-16)27(35)23(24(19)29)20-11-15(8-10-33-20)26(31)22-17-4-2-1-3-14(17)5-6-21(22)34/h1-6,12,15-16,20,25-26,32-35H,7-11,13,30-31H2/t15?,16-,20?,25-,26?/m1/s1. The fourth-order valence-corrected chi connectivity index (χ4v) is 6.32. The van der Waals surface area contributed by atoms with Crippen molar-refractivity contribution in [3.05, 3.63) is 69.2 Å². The van der Waals surface area contributed by atoms with Crippen molar-refractivity contribution in [2.24, 2.45) is 23.3 Å². The minimum atomic E-state index is -0.378. The Morgan fingerprint density at radius 3 is 2.49 bits per heavy atom. The van der Waals surface area contributed by atoms with Crippen LogP contribution in [0.2, 0.25) is 10.0 Å². The van der Waals surface area contributed by atoms with Crippen LogP contribution in [0.15, 0.2) is 42.5 Å². The molecule has 0 saturated carbocycles. The molecule has 3 aromatic carbocycles. The van der Waals surface area contributed by atoms with Gasteiger partial charge in [-0.15, -0.1) is 0 Å². The fourth-order valence-electron chi connectivity index (χ4n) is 5.83. The number of nitrogens with one attached hydrogen (secondary N) is 2. The van der Waals surface area contributed by atoms with E-state index >= 15 is 0 Å². The molecule has 186 valence electrons. The van der Waals surface area contributed by atoms with Crippen LogP contribution in [0.1, 0.15) is 54.1 Å². The highest BCUT2D eigenvalue weighted by Crippen LogP contribution is 2.47. The van der Waals surface area contributed by atoms with Crippen molar-refractivity contribution in [1.29, 1.82) is 0 Å². The lowest BCUT2D eigenvalue weighted by Crippen LogP contribution is -2.37. The molecule has 2 aliphatic heterocycles. The monoisotopic (exact) mass is 514 g/mol. The summed E-state index contributed by atoms with van der Waals surface area (Å²) in [5.74, 6) is 0.594. The smallest absolute Gasteiger partial charge is 0.126 e. The Hall–Kier alpha value is -2.06. The van der Waals surface area contributed by atoms with Crippen molar-refractivity contribution >= 4 is 34.0 Å². The van der Waals surface area contributed by atoms with Crippen LogP contribution in [-0.2, 0) is 0 Å². The topological polar surface area (TPSA) is 117 Å². The first-order valence-electron chi connectivity index (χ1n) is 12.2. The third-order valence-corrected chi connectivity index (χ3v) is 8.61. The minimum absolute atomic E-state index is 0.0589. The molecule has 0 radical (unpaired) electrons. The van der Waals surface area contributed by atoms with Gasteiger partial charge >= 0.3 is 0 Å². The van der Waals surface area contributed by atoms with Gasteiger partial charge in [-0.25, -0.2) is 0 Å². The molecule has 5 atom stereocenters. The maximum absolute atomic E-state index is 11.3. The zero-order chi connectivity index (χ0) is 24.7. The van der Waals surface area contributed by atoms with Gasteiger partial charge in [0.25, 0.3) is 0 Å². The SMILES string of the molecule is NC(c1c(O)ccc2ccccc12)C1CCNC(c2c(O)c([C@H](N)[C@@H]3CCNC3)cc(Cl)c2Cl)C1. The van der Waals surface area contributed by atoms with Crippen LogP contribution in [0, 0.1) is 11.8 Å². The van der Waals surface area contributed by atoms with Gasteiger partial charge in [-0.3, -0.25) is 0 Å². The molecule has 2 heterocycles. The van der Waals surface area contributed by atoms with Crippen molar-refractivity contribution in [3.8, 4) is 11.5 Å². The summed E-state index contributed by atoms with van der Waals surface area (Å²) in [6.45, 7) is 2.42. The number of hydrogen-bond acceptors (Lipinski definition) is 6. The van der Waals surface area contributed by atoms with Gasteiger partial charge in [-0.05, 0) is 73.6 Å². The largest absolute Gasteiger partial charge is 0.508 e. The highest BCUT2D eigenvalue weighted by Gasteiger charge is 2.35. The molecule has 0 bridgehead atoms. The molecule has 8 heteroatoms. The molecule has 3 aromatic rings. The molecule has 2 fully saturated rings. The Morgan fingerprint density at radius 2 is 1.71 bits per heavy atom. The van der Waals surface area contributed by atoms with Gasteiger partial charge in [-0.2, -0.15) is 0 Å². The summed E-state index contributed by atoms with van der Waals surface area (Å²) in [6, 6.07) is 12.3. The van der Waals surface area contributed by atoms with Crippen LogP contribution in [0.25, 0.3) is 10.8 Å². The molecule has 5 rings (SSSR count). The molecule has 0 aromatic heterocycles. The Balaban J connectivity index is 1.47. The predicted octanol–water partition coefficient (Wildman–Crippen LogP) is 4.91. The average molecular weight is 515 g/mol. The van der Waals surface area contributed by atoms with E-state index in [2.05, 4.69) is 10.6 Å². The van der Waals surface area contributed by atoms with E-state index in [0.29, 0.717) is 34.1 Å². The number of phenols is 2. The van der Waals surface area contributed by atoms with E-state index in [1.54, 1.807) is 12.1 Å². The van der Waals surface area contributed by atoms with Gasteiger partial charge in [0.2, 0.25) is 0 Å². The van der Waals surface area contributed by atoms with Gasteiger partial charge in [0.15, 0.2) is 0 Å². The third-order valence-electron chi connectivity index (χ3n) is 7.80. The second-order valence-electron chi connectivity index (χ2n) is 9.84. The van der Waals surface area contributed by atoms with E-state index in [1.807, 2.05) is 30.3 Å². The van der Waals surface area contributed by atoms with Crippen LogP contribution < -0.4 is 22.1 Å². The molecule has 35 heavy (non-hydrogen) atoms. The number of hydrogen-bond donors (Lipinski definition) is 6. The molecule has 0 spiro atoms. The molecule has 0 amide bonds. The zero-order valence-electron chi connectivity index (χ0n) is 19.5. The number of halogens is 2. The average Bonchev–Trinajstić information content (AvgIpc) is 3.41. The lowest BCUT2D eigenvalue weighted by atomic mass is 9.79. The molecule has 2 aliphatic rings. The van der Waals surface area contributed by atoms with E-state index in [9.17, 15) is 10.2 Å². The van der Waals surface area contributed by atoms with Crippen molar-refractivity contribution in [2.45, 2.75) is 37.4 Å². The summed E-state index contributed by atoms with van der Waals surface area (Å²) in [5, 5.41) is 31.6. The summed E-state index contributed by atoms with van der Waals surface area (Å²) >= 11 is 13.2. The summed E-state index contributed by atoms with van der Waals surface area (Å²) < 4.78 is 0. The number of piperidine rings is 1. The van der Waals surface area contributed by atoms with Gasteiger partial charge < -0.3 is 32.3 Å². The van der Waals surface area contributed by atoms with Gasteiger partial charge in [0, 0.05) is 34.8 Å². The molecule has 8 N–H and O–H groups in total. The second-order valence-corrected chi connectivity index (χ2v) is 10.6. The van der Waals surface area contributed by atoms with E-state index in [1.165, 1.54) is 0 Å². The van der Waals surface area contributed by atoms with Crippen molar-refractivity contribution in [3.63, 3.8) is 0 Å². The number of aromatic hydroxyl groups is 2. The maximum Gasteiger partial charge on any atom is 0.126 e. The number of benzene rings is 3. The summed E-state index contributed by atoms with van der Waals surface area (Å²) in [7, 11) is 0. The molecular weight excluding hydrogens is 483 g/mol. The number of fused-ring (bicyclic) bond motifs is 1. The van der Waals surface area contributed by atoms with Crippen molar-refractivity contribution in [2.75, 3.05) is 19.6 Å². The van der Waals surface area contributed by atoms with E-state index in [4.69, 9.17) is 34.7 Å². The summed E-state index contributed by atoms with van der Waals surface area (Å²) in [6.07, 6.45) is 2.42. The van der Waals surface area contributed by atoms with Crippen molar-refractivity contribution in [1.82, 2.24) is 10.6 Å². The molecule has 6 nitrogen and oxygen atoms in total. The number of nitrogens with two attached hydrogens (primary N) is 2. The molecule has 3 unspecified atom stereocenters. The zero-order valence-corrected chi connectivity index (χ0v) is 21.0. The lowest BCUT2D eigenvalue weighted by Gasteiger charge is -2.36. The van der Waals surface area contributed by atoms with E-state index in [0.717, 1.165) is 42.3 Å². The van der Waals surface area contributed by atoms with Crippen LogP contribution >= 0.6 is 23.2 Å². The Kier molecular flexibility index (Phi) is 7.13. The highest BCUT2D eigenvalue weighted by molar-refractivity contribution is 6.42. The Morgan fingerprint density at radius 1 is 0.943 bits per heavy atom. The normalized spacial score (nSPS) is 24.5.